The van der Waals surface area contributed by atoms with Crippen LogP contribution in [0, 0.1) is 10.1 Å². The summed E-state index contributed by atoms with van der Waals surface area (Å²) in [6.45, 7) is 0.124. The van der Waals surface area contributed by atoms with Crippen molar-refractivity contribution in [2.75, 3.05) is 0 Å². The zero-order valence-electron chi connectivity index (χ0n) is 11.9. The van der Waals surface area contributed by atoms with Crippen molar-refractivity contribution in [3.8, 4) is 5.75 Å². The summed E-state index contributed by atoms with van der Waals surface area (Å²) >= 11 is 0. The summed E-state index contributed by atoms with van der Waals surface area (Å²) in [7, 11) is 1.48. The Bertz CT molecular complexity index is 1050. The van der Waals surface area contributed by atoms with Crippen molar-refractivity contribution in [1.82, 2.24) is 19.1 Å². The summed E-state index contributed by atoms with van der Waals surface area (Å²) in [6.07, 6.45) is 1.37. The fourth-order valence-electron chi connectivity index (χ4n) is 2.32. The van der Waals surface area contributed by atoms with Gasteiger partial charge < -0.3 is 9.67 Å². The van der Waals surface area contributed by atoms with Crippen LogP contribution in [0.5, 0.6) is 5.75 Å². The van der Waals surface area contributed by atoms with E-state index in [1.54, 1.807) is 0 Å². The molecule has 0 bridgehead atoms. The van der Waals surface area contributed by atoms with E-state index in [1.807, 2.05) is 0 Å². The third-order valence-electron chi connectivity index (χ3n) is 3.47. The summed E-state index contributed by atoms with van der Waals surface area (Å²) < 4.78 is 2.68. The first-order chi connectivity index (χ1) is 10.9. The van der Waals surface area contributed by atoms with Crippen molar-refractivity contribution in [3.05, 3.63) is 61.0 Å². The quantitative estimate of drug-likeness (QED) is 0.519. The Morgan fingerprint density at radius 3 is 2.83 bits per heavy atom. The van der Waals surface area contributed by atoms with Gasteiger partial charge in [-0.25, -0.2) is 9.78 Å². The molecule has 10 heteroatoms. The van der Waals surface area contributed by atoms with E-state index in [9.17, 15) is 24.8 Å². The highest BCUT2D eigenvalue weighted by molar-refractivity contribution is 5.69. The Balaban J connectivity index is 2.12. The lowest BCUT2D eigenvalue weighted by Crippen LogP contribution is -2.29. The number of nitrogens with one attached hydrogen (secondary N) is 1. The van der Waals surface area contributed by atoms with Crippen LogP contribution in [0.25, 0.3) is 11.2 Å². The maximum absolute atomic E-state index is 12.0. The smallest absolute Gasteiger partial charge is 0.329 e. The van der Waals surface area contributed by atoms with Crippen LogP contribution in [0.2, 0.25) is 0 Å². The maximum atomic E-state index is 12.0. The van der Waals surface area contributed by atoms with Crippen molar-refractivity contribution in [2.45, 2.75) is 6.54 Å². The van der Waals surface area contributed by atoms with Gasteiger partial charge in [0, 0.05) is 19.7 Å². The lowest BCUT2D eigenvalue weighted by Gasteiger charge is -2.05. The fourth-order valence-corrected chi connectivity index (χ4v) is 2.32. The number of benzene rings is 1. The predicted molar refractivity (Wildman–Crippen MR) is 79.5 cm³/mol. The van der Waals surface area contributed by atoms with Crippen LogP contribution in [0.15, 0.2) is 34.1 Å². The fraction of sp³-hybridized carbons (Fsp3) is 0.154. The van der Waals surface area contributed by atoms with Crippen LogP contribution in [0.4, 0.5) is 5.69 Å². The first-order valence-corrected chi connectivity index (χ1v) is 6.49. The molecule has 0 aliphatic carbocycles. The van der Waals surface area contributed by atoms with E-state index in [1.165, 1.54) is 40.7 Å². The molecule has 0 radical (unpaired) electrons. The molecule has 0 aliphatic heterocycles. The van der Waals surface area contributed by atoms with Crippen LogP contribution in [-0.4, -0.2) is 29.1 Å². The predicted octanol–water partition coefficient (Wildman–Crippen LogP) is 0.0854. The Hall–Kier alpha value is -3.43. The number of hydrogen-bond acceptors (Lipinski definition) is 6. The number of aromatic amines is 1. The average molecular weight is 317 g/mol. The molecule has 0 fully saturated rings. The molecule has 118 valence electrons. The number of hydrogen-bond donors (Lipinski definition) is 2. The van der Waals surface area contributed by atoms with Crippen molar-refractivity contribution in [3.63, 3.8) is 0 Å². The van der Waals surface area contributed by atoms with E-state index in [2.05, 4.69) is 9.97 Å². The largest absolute Gasteiger partial charge is 0.502 e. The van der Waals surface area contributed by atoms with Crippen LogP contribution in [-0.2, 0) is 13.6 Å². The second kappa shape index (κ2) is 5.09. The Labute approximate surface area is 127 Å². The van der Waals surface area contributed by atoms with E-state index in [4.69, 9.17) is 0 Å². The van der Waals surface area contributed by atoms with Crippen LogP contribution in [0.3, 0.4) is 0 Å². The lowest BCUT2D eigenvalue weighted by molar-refractivity contribution is -0.385. The summed E-state index contributed by atoms with van der Waals surface area (Å²) in [4.78, 5) is 39.9. The van der Waals surface area contributed by atoms with Gasteiger partial charge in [0.15, 0.2) is 16.9 Å². The SMILES string of the molecule is Cn1c(=O)[nH]c(=O)c2c1ncn2Cc1ccc(O)c([N+](=O)[O-])c1. The molecular formula is C13H11N5O5. The zero-order chi connectivity index (χ0) is 16.7. The zero-order valence-corrected chi connectivity index (χ0v) is 11.9. The minimum absolute atomic E-state index is 0.124. The summed E-state index contributed by atoms with van der Waals surface area (Å²) in [6, 6.07) is 3.94. The molecule has 23 heavy (non-hydrogen) atoms. The summed E-state index contributed by atoms with van der Waals surface area (Å²) in [5, 5.41) is 20.3. The van der Waals surface area contributed by atoms with Crippen molar-refractivity contribution in [1.29, 1.82) is 0 Å². The number of phenols is 1. The number of imidazole rings is 1. The van der Waals surface area contributed by atoms with E-state index in [0.29, 0.717) is 5.56 Å². The van der Waals surface area contributed by atoms with Crippen LogP contribution < -0.4 is 11.2 Å². The number of aromatic nitrogens is 4. The van der Waals surface area contributed by atoms with Gasteiger partial charge >= 0.3 is 11.4 Å². The third kappa shape index (κ3) is 2.35. The van der Waals surface area contributed by atoms with Gasteiger partial charge in [-0.05, 0) is 11.6 Å². The molecule has 0 unspecified atom stereocenters. The van der Waals surface area contributed by atoms with Gasteiger partial charge in [0.1, 0.15) is 0 Å². The Morgan fingerprint density at radius 2 is 2.13 bits per heavy atom. The van der Waals surface area contributed by atoms with E-state index >= 15 is 0 Å². The van der Waals surface area contributed by atoms with Gasteiger partial charge in [-0.1, -0.05) is 6.07 Å². The molecular weight excluding hydrogens is 306 g/mol. The van der Waals surface area contributed by atoms with Gasteiger partial charge in [0.2, 0.25) is 0 Å². The average Bonchev–Trinajstić information content (AvgIpc) is 2.91. The molecule has 0 saturated carbocycles. The molecule has 0 aliphatic rings. The highest BCUT2D eigenvalue weighted by Gasteiger charge is 2.16. The third-order valence-corrected chi connectivity index (χ3v) is 3.47. The highest BCUT2D eigenvalue weighted by atomic mass is 16.6. The number of aryl methyl sites for hydroxylation is 1. The molecule has 0 spiro atoms. The molecule has 0 amide bonds. The summed E-state index contributed by atoms with van der Waals surface area (Å²) in [5.41, 5.74) is -0.688. The maximum Gasteiger partial charge on any atom is 0.329 e. The van der Waals surface area contributed by atoms with Gasteiger partial charge in [0.25, 0.3) is 5.56 Å². The van der Waals surface area contributed by atoms with Crippen molar-refractivity contribution in [2.24, 2.45) is 7.05 Å². The van der Waals surface area contributed by atoms with Crippen molar-refractivity contribution < 1.29 is 10.0 Å². The van der Waals surface area contributed by atoms with Gasteiger partial charge in [-0.15, -0.1) is 0 Å². The van der Waals surface area contributed by atoms with Crippen LogP contribution >= 0.6 is 0 Å². The number of phenolic OH excluding ortho intramolecular Hbond substituents is 1. The number of rotatable bonds is 3. The molecule has 0 saturated heterocycles. The molecule has 2 N–H and O–H groups in total. The monoisotopic (exact) mass is 317 g/mol. The first-order valence-electron chi connectivity index (χ1n) is 6.49. The number of aromatic hydroxyl groups is 1. The van der Waals surface area contributed by atoms with Crippen molar-refractivity contribution >= 4 is 16.9 Å². The van der Waals surface area contributed by atoms with Crippen LogP contribution in [0.1, 0.15) is 5.56 Å². The van der Waals surface area contributed by atoms with E-state index < -0.39 is 27.6 Å². The molecule has 10 nitrogen and oxygen atoms in total. The van der Waals surface area contributed by atoms with E-state index in [0.717, 1.165) is 0 Å². The molecule has 1 aromatic carbocycles. The molecule has 3 rings (SSSR count). The number of H-pyrrole nitrogens is 1. The summed E-state index contributed by atoms with van der Waals surface area (Å²) in [5.74, 6) is -0.436. The number of fused-ring (bicyclic) bond motifs is 1. The standard InChI is InChI=1S/C13H11N5O5/c1-16-11-10(12(20)15-13(16)21)17(6-14-11)5-7-2-3-9(19)8(4-7)18(22)23/h2-4,6,19H,5H2,1H3,(H,15,20,21). The normalized spacial score (nSPS) is 11.0. The number of nitro benzene ring substituents is 1. The number of nitrogens with zero attached hydrogens (tertiary/aromatic N) is 4. The van der Waals surface area contributed by atoms with E-state index in [-0.39, 0.29) is 17.7 Å². The molecule has 3 aromatic rings. The molecule has 0 atom stereocenters. The molecule has 2 heterocycles. The minimum Gasteiger partial charge on any atom is -0.502 e. The second-order valence-corrected chi connectivity index (χ2v) is 4.94. The van der Waals surface area contributed by atoms with Gasteiger partial charge in [-0.3, -0.25) is 24.5 Å². The Morgan fingerprint density at radius 1 is 1.39 bits per heavy atom. The van der Waals surface area contributed by atoms with Gasteiger partial charge in [-0.2, -0.15) is 0 Å². The first kappa shape index (κ1) is 14.5. The highest BCUT2D eigenvalue weighted by Crippen LogP contribution is 2.26. The molecule has 2 aromatic heterocycles. The topological polar surface area (TPSA) is 136 Å². The lowest BCUT2D eigenvalue weighted by atomic mass is 10.2. The Kier molecular flexibility index (Phi) is 3.21. The van der Waals surface area contributed by atoms with Gasteiger partial charge in [0.05, 0.1) is 11.3 Å². The number of nitro groups is 1. The second-order valence-electron chi connectivity index (χ2n) is 4.94. The minimum atomic E-state index is -0.693.